The van der Waals surface area contributed by atoms with Crippen LogP contribution < -0.4 is 10.1 Å². The van der Waals surface area contributed by atoms with Crippen molar-refractivity contribution >= 4 is 23.8 Å². The van der Waals surface area contributed by atoms with E-state index in [2.05, 4.69) is 5.32 Å². The molecule has 1 N–H and O–H groups in total. The molecule has 2 amide bonds. The lowest BCUT2D eigenvalue weighted by molar-refractivity contribution is -0.132. The Balaban J connectivity index is 1.89. The Kier molecular flexibility index (Phi) is 7.47. The summed E-state index contributed by atoms with van der Waals surface area (Å²) in [4.78, 5) is 47.4. The monoisotopic (exact) mass is 398 g/mol. The Labute approximate surface area is 168 Å². The fraction of sp³-hybridized carbons (Fsp3) is 0.238. The van der Waals surface area contributed by atoms with Crippen LogP contribution in [0.5, 0.6) is 5.75 Å². The molecular weight excluding hydrogens is 376 g/mol. The molecule has 0 aliphatic carbocycles. The summed E-state index contributed by atoms with van der Waals surface area (Å²) in [6.45, 7) is 0.700. The minimum atomic E-state index is -0.643. The molecule has 0 aliphatic heterocycles. The maximum atomic E-state index is 12.1. The molecule has 0 radical (unpaired) electrons. The van der Waals surface area contributed by atoms with Gasteiger partial charge in [-0.2, -0.15) is 0 Å². The average molecular weight is 398 g/mol. The first kappa shape index (κ1) is 21.6. The van der Waals surface area contributed by atoms with Crippen LogP contribution in [0.2, 0.25) is 0 Å². The number of ether oxygens (including phenoxy) is 2. The predicted molar refractivity (Wildman–Crippen MR) is 105 cm³/mol. The normalized spacial score (nSPS) is 10.0. The van der Waals surface area contributed by atoms with E-state index < -0.39 is 24.5 Å². The molecule has 2 aromatic rings. The minimum Gasteiger partial charge on any atom is -0.452 e. The standard InChI is InChI=1S/C21H22N2O6/c1-14(24)29-18-10-8-16(9-11-18)15-4-6-17(7-5-15)21(27)28-13-19(25)22-12-20(26)23(2)3/h4-11H,12-13H2,1-3H3,(H,22,25). The average Bonchev–Trinajstić information content (AvgIpc) is 2.70. The quantitative estimate of drug-likeness (QED) is 0.562. The number of nitrogens with zero attached hydrogens (tertiary/aromatic N) is 1. The van der Waals surface area contributed by atoms with Gasteiger partial charge in [-0.1, -0.05) is 24.3 Å². The zero-order valence-electron chi connectivity index (χ0n) is 16.4. The maximum absolute atomic E-state index is 12.1. The van der Waals surface area contributed by atoms with E-state index in [1.165, 1.54) is 11.8 Å². The van der Waals surface area contributed by atoms with Crippen LogP contribution in [-0.4, -0.2) is 55.9 Å². The fourth-order valence-electron chi connectivity index (χ4n) is 2.28. The molecule has 0 heterocycles. The number of rotatable bonds is 7. The minimum absolute atomic E-state index is 0.158. The van der Waals surface area contributed by atoms with Gasteiger partial charge >= 0.3 is 11.9 Å². The van der Waals surface area contributed by atoms with Crippen LogP contribution in [0.15, 0.2) is 48.5 Å². The van der Waals surface area contributed by atoms with Crippen molar-refractivity contribution < 1.29 is 28.7 Å². The number of hydrogen-bond acceptors (Lipinski definition) is 6. The Morgan fingerprint density at radius 3 is 1.97 bits per heavy atom. The Morgan fingerprint density at radius 2 is 1.45 bits per heavy atom. The van der Waals surface area contributed by atoms with E-state index in [1.54, 1.807) is 62.6 Å². The van der Waals surface area contributed by atoms with E-state index in [-0.39, 0.29) is 12.5 Å². The van der Waals surface area contributed by atoms with Crippen molar-refractivity contribution in [1.82, 2.24) is 10.2 Å². The van der Waals surface area contributed by atoms with Gasteiger partial charge in [-0.05, 0) is 35.4 Å². The summed E-state index contributed by atoms with van der Waals surface area (Å²) in [6.07, 6.45) is 0. The van der Waals surface area contributed by atoms with Crippen LogP contribution >= 0.6 is 0 Å². The number of hydrogen-bond donors (Lipinski definition) is 1. The van der Waals surface area contributed by atoms with Gasteiger partial charge in [0.1, 0.15) is 5.75 Å². The molecular formula is C21H22N2O6. The second-order valence-electron chi connectivity index (χ2n) is 6.34. The third kappa shape index (κ3) is 6.76. The van der Waals surface area contributed by atoms with Crippen LogP contribution in [0.25, 0.3) is 11.1 Å². The molecule has 8 nitrogen and oxygen atoms in total. The SMILES string of the molecule is CC(=O)Oc1ccc(-c2ccc(C(=O)OCC(=O)NCC(=O)N(C)C)cc2)cc1. The van der Waals surface area contributed by atoms with Crippen molar-refractivity contribution in [3.63, 3.8) is 0 Å². The molecule has 0 aromatic heterocycles. The molecule has 8 heteroatoms. The molecule has 2 aromatic carbocycles. The van der Waals surface area contributed by atoms with Crippen LogP contribution in [0.3, 0.4) is 0 Å². The van der Waals surface area contributed by atoms with Gasteiger partial charge in [0.05, 0.1) is 12.1 Å². The Bertz CT molecular complexity index is 888. The Morgan fingerprint density at radius 1 is 0.897 bits per heavy atom. The second kappa shape index (κ2) is 10.0. The highest BCUT2D eigenvalue weighted by Gasteiger charge is 2.12. The zero-order chi connectivity index (χ0) is 21.4. The second-order valence-corrected chi connectivity index (χ2v) is 6.34. The van der Waals surface area contributed by atoms with Crippen molar-refractivity contribution in [2.75, 3.05) is 27.2 Å². The third-order valence-electron chi connectivity index (χ3n) is 3.84. The summed E-state index contributed by atoms with van der Waals surface area (Å²) in [7, 11) is 3.15. The lowest BCUT2D eigenvalue weighted by Crippen LogP contribution is -2.38. The molecule has 29 heavy (non-hydrogen) atoms. The molecule has 0 bridgehead atoms. The van der Waals surface area contributed by atoms with Crippen molar-refractivity contribution in [2.24, 2.45) is 0 Å². The Hall–Kier alpha value is -3.68. The number of benzene rings is 2. The van der Waals surface area contributed by atoms with Gasteiger partial charge in [0.2, 0.25) is 5.91 Å². The summed E-state index contributed by atoms with van der Waals surface area (Å²) < 4.78 is 9.95. The van der Waals surface area contributed by atoms with Gasteiger partial charge < -0.3 is 19.7 Å². The van der Waals surface area contributed by atoms with Crippen molar-refractivity contribution in [3.05, 3.63) is 54.1 Å². The van der Waals surface area contributed by atoms with E-state index in [0.29, 0.717) is 11.3 Å². The van der Waals surface area contributed by atoms with Gasteiger partial charge in [-0.3, -0.25) is 14.4 Å². The molecule has 0 fully saturated rings. The molecule has 2 rings (SSSR count). The van der Waals surface area contributed by atoms with Gasteiger partial charge in [-0.25, -0.2) is 4.79 Å². The summed E-state index contributed by atoms with van der Waals surface area (Å²) in [5.74, 6) is -1.40. The molecule has 0 saturated heterocycles. The summed E-state index contributed by atoms with van der Waals surface area (Å²) >= 11 is 0. The van der Waals surface area contributed by atoms with E-state index >= 15 is 0 Å². The summed E-state index contributed by atoms with van der Waals surface area (Å²) in [6, 6.07) is 13.6. The van der Waals surface area contributed by atoms with Crippen molar-refractivity contribution in [1.29, 1.82) is 0 Å². The highest BCUT2D eigenvalue weighted by molar-refractivity contribution is 5.92. The predicted octanol–water partition coefficient (Wildman–Crippen LogP) is 1.64. The van der Waals surface area contributed by atoms with E-state index in [1.807, 2.05) is 0 Å². The summed E-state index contributed by atoms with van der Waals surface area (Å²) in [5.41, 5.74) is 2.03. The largest absolute Gasteiger partial charge is 0.452 e. The number of amides is 2. The lowest BCUT2D eigenvalue weighted by Gasteiger charge is -2.11. The first-order valence-electron chi connectivity index (χ1n) is 8.79. The molecule has 0 spiro atoms. The van der Waals surface area contributed by atoms with Gasteiger partial charge in [0, 0.05) is 21.0 Å². The molecule has 0 unspecified atom stereocenters. The maximum Gasteiger partial charge on any atom is 0.338 e. The first-order valence-corrected chi connectivity index (χ1v) is 8.79. The van der Waals surface area contributed by atoms with Crippen LogP contribution in [0.1, 0.15) is 17.3 Å². The topological polar surface area (TPSA) is 102 Å². The summed E-state index contributed by atoms with van der Waals surface area (Å²) in [5, 5.41) is 2.38. The lowest BCUT2D eigenvalue weighted by atomic mass is 10.0. The molecule has 0 saturated carbocycles. The van der Waals surface area contributed by atoms with Crippen LogP contribution in [-0.2, 0) is 19.1 Å². The molecule has 152 valence electrons. The highest BCUT2D eigenvalue weighted by atomic mass is 16.5. The van der Waals surface area contributed by atoms with E-state index in [9.17, 15) is 19.2 Å². The number of carbonyl (C=O) groups excluding carboxylic acids is 4. The van der Waals surface area contributed by atoms with Crippen molar-refractivity contribution in [2.45, 2.75) is 6.92 Å². The number of likely N-dealkylation sites (N-methyl/N-ethyl adjacent to an activating group) is 1. The van der Waals surface area contributed by atoms with Crippen molar-refractivity contribution in [3.8, 4) is 16.9 Å². The number of nitrogens with one attached hydrogen (secondary N) is 1. The highest BCUT2D eigenvalue weighted by Crippen LogP contribution is 2.23. The zero-order valence-corrected chi connectivity index (χ0v) is 16.4. The fourth-order valence-corrected chi connectivity index (χ4v) is 2.28. The smallest absolute Gasteiger partial charge is 0.338 e. The van der Waals surface area contributed by atoms with E-state index in [4.69, 9.17) is 9.47 Å². The molecule has 0 aliphatic rings. The number of carbonyl (C=O) groups is 4. The van der Waals surface area contributed by atoms with Crippen LogP contribution in [0.4, 0.5) is 0 Å². The van der Waals surface area contributed by atoms with Gasteiger partial charge in [-0.15, -0.1) is 0 Å². The first-order chi connectivity index (χ1) is 13.8. The number of esters is 2. The molecule has 0 atom stereocenters. The van der Waals surface area contributed by atoms with Gasteiger partial charge in [0.15, 0.2) is 6.61 Å². The third-order valence-corrected chi connectivity index (χ3v) is 3.84. The van der Waals surface area contributed by atoms with Crippen LogP contribution in [0, 0.1) is 0 Å². The van der Waals surface area contributed by atoms with E-state index in [0.717, 1.165) is 11.1 Å². The van der Waals surface area contributed by atoms with Gasteiger partial charge in [0.25, 0.3) is 5.91 Å².